The van der Waals surface area contributed by atoms with Crippen LogP contribution in [0, 0.1) is 0 Å². The molecular weight excluding hydrogens is 555 g/mol. The first-order valence-electron chi connectivity index (χ1n) is 12.7. The number of nitrogens with one attached hydrogen (secondary N) is 2. The maximum atomic E-state index is 12.8. The van der Waals surface area contributed by atoms with Crippen LogP contribution in [0.5, 0.6) is 11.5 Å². The quantitative estimate of drug-likeness (QED) is 0.131. The molecule has 1 heterocycles. The first-order valence-corrected chi connectivity index (χ1v) is 14.5. The zero-order valence-corrected chi connectivity index (χ0v) is 24.1. The first kappa shape index (κ1) is 27.9. The van der Waals surface area contributed by atoms with Crippen LogP contribution in [0.2, 0.25) is 0 Å². The van der Waals surface area contributed by atoms with Gasteiger partial charge >= 0.3 is 0 Å². The molecule has 5 rings (SSSR count). The van der Waals surface area contributed by atoms with Crippen molar-refractivity contribution in [2.45, 2.75) is 10.1 Å². The predicted molar refractivity (Wildman–Crippen MR) is 167 cm³/mol. The van der Waals surface area contributed by atoms with E-state index in [0.29, 0.717) is 28.5 Å². The number of benzene rings is 4. The molecule has 5 aromatic rings. The van der Waals surface area contributed by atoms with Crippen LogP contribution in [0.1, 0.15) is 21.5 Å². The standard InChI is InChI=1S/C32H27N3O4S2/c1-38-25-14-16-28(39-2)27(19-25)34-31(37)23-11-8-22(9-12-23)20-40-32-35-26-15-13-24(18-29(26)41-32)33-30(36)17-10-21-6-4-3-5-7-21/h3-19H,20H2,1-2H3,(H,33,36)(H,34,37)/b17-10+. The summed E-state index contributed by atoms with van der Waals surface area (Å²) >= 11 is 3.21. The van der Waals surface area contributed by atoms with E-state index >= 15 is 0 Å². The molecule has 0 saturated carbocycles. The van der Waals surface area contributed by atoms with Crippen LogP contribution in [0.3, 0.4) is 0 Å². The van der Waals surface area contributed by atoms with Gasteiger partial charge in [-0.05, 0) is 59.7 Å². The van der Waals surface area contributed by atoms with E-state index in [0.717, 1.165) is 31.4 Å². The highest BCUT2D eigenvalue weighted by Crippen LogP contribution is 2.33. The SMILES string of the molecule is COc1ccc(OC)c(NC(=O)c2ccc(CSc3nc4ccc(NC(=O)/C=C/c5ccccc5)cc4s3)cc2)c1. The average molecular weight is 582 g/mol. The highest BCUT2D eigenvalue weighted by molar-refractivity contribution is 8.00. The summed E-state index contributed by atoms with van der Waals surface area (Å²) in [4.78, 5) is 29.9. The van der Waals surface area contributed by atoms with Crippen molar-refractivity contribution in [2.24, 2.45) is 0 Å². The summed E-state index contributed by atoms with van der Waals surface area (Å²) in [5.74, 6) is 1.46. The molecule has 0 aliphatic carbocycles. The molecular formula is C32H27N3O4S2. The Balaban J connectivity index is 1.17. The molecule has 7 nitrogen and oxygen atoms in total. The van der Waals surface area contributed by atoms with Crippen molar-refractivity contribution >= 4 is 62.6 Å². The average Bonchev–Trinajstić information content (AvgIpc) is 3.42. The number of hydrogen-bond donors (Lipinski definition) is 2. The van der Waals surface area contributed by atoms with E-state index in [-0.39, 0.29) is 11.8 Å². The van der Waals surface area contributed by atoms with E-state index in [2.05, 4.69) is 10.6 Å². The minimum atomic E-state index is -0.236. The fraction of sp³-hybridized carbons (Fsp3) is 0.0938. The minimum Gasteiger partial charge on any atom is -0.497 e. The lowest BCUT2D eigenvalue weighted by molar-refractivity contribution is -0.111. The number of methoxy groups -OCH3 is 2. The van der Waals surface area contributed by atoms with Gasteiger partial charge in [0.25, 0.3) is 5.91 Å². The molecule has 0 aliphatic rings. The van der Waals surface area contributed by atoms with Crippen molar-refractivity contribution in [3.8, 4) is 11.5 Å². The molecule has 9 heteroatoms. The third-order valence-corrected chi connectivity index (χ3v) is 8.33. The zero-order valence-electron chi connectivity index (χ0n) is 22.4. The van der Waals surface area contributed by atoms with Crippen LogP contribution in [0.15, 0.2) is 101 Å². The molecule has 2 N–H and O–H groups in total. The Kier molecular flexibility index (Phi) is 8.98. The number of aromatic nitrogens is 1. The van der Waals surface area contributed by atoms with E-state index in [1.807, 2.05) is 60.7 Å². The molecule has 0 bridgehead atoms. The van der Waals surface area contributed by atoms with E-state index < -0.39 is 0 Å². The largest absolute Gasteiger partial charge is 0.497 e. The van der Waals surface area contributed by atoms with Crippen molar-refractivity contribution in [1.29, 1.82) is 0 Å². The first-order chi connectivity index (χ1) is 20.0. The summed E-state index contributed by atoms with van der Waals surface area (Å²) in [5, 5.41) is 5.80. The maximum absolute atomic E-state index is 12.8. The van der Waals surface area contributed by atoms with Crippen LogP contribution in [0.25, 0.3) is 16.3 Å². The summed E-state index contributed by atoms with van der Waals surface area (Å²) in [6.45, 7) is 0. The highest BCUT2D eigenvalue weighted by atomic mass is 32.2. The molecule has 0 radical (unpaired) electrons. The normalized spacial score (nSPS) is 11.0. The Morgan fingerprint density at radius 1 is 0.902 bits per heavy atom. The van der Waals surface area contributed by atoms with Gasteiger partial charge in [0.05, 0.1) is 30.1 Å². The van der Waals surface area contributed by atoms with Gasteiger partial charge in [-0.3, -0.25) is 9.59 Å². The summed E-state index contributed by atoms with van der Waals surface area (Å²) < 4.78 is 12.5. The monoisotopic (exact) mass is 581 g/mol. The molecule has 2 amide bonds. The van der Waals surface area contributed by atoms with Crippen LogP contribution in [-0.4, -0.2) is 31.0 Å². The number of anilines is 2. The van der Waals surface area contributed by atoms with Gasteiger partial charge in [0.15, 0.2) is 4.34 Å². The Morgan fingerprint density at radius 3 is 2.46 bits per heavy atom. The fourth-order valence-electron chi connectivity index (χ4n) is 3.97. The van der Waals surface area contributed by atoms with Gasteiger partial charge < -0.3 is 20.1 Å². The Hall–Kier alpha value is -4.60. The number of amides is 2. The van der Waals surface area contributed by atoms with Crippen LogP contribution < -0.4 is 20.1 Å². The summed E-state index contributed by atoms with van der Waals surface area (Å²) in [5.41, 5.74) is 4.73. The van der Waals surface area contributed by atoms with Crippen molar-refractivity contribution in [2.75, 3.05) is 24.9 Å². The molecule has 1 aromatic heterocycles. The molecule has 0 spiro atoms. The number of thioether (sulfide) groups is 1. The van der Waals surface area contributed by atoms with Crippen LogP contribution in [-0.2, 0) is 10.5 Å². The van der Waals surface area contributed by atoms with E-state index in [4.69, 9.17) is 14.5 Å². The number of nitrogens with zero attached hydrogens (tertiary/aromatic N) is 1. The fourth-order valence-corrected chi connectivity index (χ4v) is 6.03. The van der Waals surface area contributed by atoms with Gasteiger partial charge in [0, 0.05) is 29.1 Å². The van der Waals surface area contributed by atoms with Crippen molar-refractivity contribution in [3.05, 3.63) is 114 Å². The Morgan fingerprint density at radius 2 is 1.71 bits per heavy atom. The topological polar surface area (TPSA) is 89.6 Å². The molecule has 0 fully saturated rings. The zero-order chi connectivity index (χ0) is 28.6. The minimum absolute atomic E-state index is 0.188. The number of thiazole rings is 1. The Labute approximate surface area is 246 Å². The number of rotatable bonds is 10. The van der Waals surface area contributed by atoms with Gasteiger partial charge in [0.1, 0.15) is 11.5 Å². The second-order valence-electron chi connectivity index (χ2n) is 8.90. The third-order valence-electron chi connectivity index (χ3n) is 6.10. The number of fused-ring (bicyclic) bond motifs is 1. The van der Waals surface area contributed by atoms with Crippen molar-refractivity contribution in [3.63, 3.8) is 0 Å². The molecule has 0 saturated heterocycles. The number of hydrogen-bond acceptors (Lipinski definition) is 7. The van der Waals surface area contributed by atoms with Gasteiger partial charge in [-0.15, -0.1) is 11.3 Å². The van der Waals surface area contributed by atoms with E-state index in [1.165, 1.54) is 6.08 Å². The summed E-state index contributed by atoms with van der Waals surface area (Å²) in [7, 11) is 3.13. The Bertz CT molecular complexity index is 1700. The van der Waals surface area contributed by atoms with Gasteiger partial charge in [0.2, 0.25) is 5.91 Å². The van der Waals surface area contributed by atoms with E-state index in [9.17, 15) is 9.59 Å². The predicted octanol–water partition coefficient (Wildman–Crippen LogP) is 7.51. The summed E-state index contributed by atoms with van der Waals surface area (Å²) in [6, 6.07) is 28.1. The van der Waals surface area contributed by atoms with Crippen LogP contribution in [0.4, 0.5) is 11.4 Å². The lowest BCUT2D eigenvalue weighted by Gasteiger charge is -2.12. The van der Waals surface area contributed by atoms with E-state index in [1.54, 1.807) is 73.7 Å². The number of carbonyl (C=O) groups is 2. The lowest BCUT2D eigenvalue weighted by Crippen LogP contribution is -2.12. The maximum Gasteiger partial charge on any atom is 0.255 e. The third kappa shape index (κ3) is 7.33. The molecule has 4 aromatic carbocycles. The molecule has 0 unspecified atom stereocenters. The molecule has 206 valence electrons. The molecule has 0 aliphatic heterocycles. The summed E-state index contributed by atoms with van der Waals surface area (Å²) in [6.07, 6.45) is 3.31. The second-order valence-corrected chi connectivity index (χ2v) is 11.2. The van der Waals surface area contributed by atoms with Gasteiger partial charge in [-0.2, -0.15) is 0 Å². The van der Waals surface area contributed by atoms with Gasteiger partial charge in [-0.25, -0.2) is 4.98 Å². The molecule has 41 heavy (non-hydrogen) atoms. The number of carbonyl (C=O) groups excluding carboxylic acids is 2. The van der Waals surface area contributed by atoms with Gasteiger partial charge in [-0.1, -0.05) is 54.2 Å². The second kappa shape index (κ2) is 13.2. The molecule has 0 atom stereocenters. The number of ether oxygens (including phenoxy) is 2. The smallest absolute Gasteiger partial charge is 0.255 e. The highest BCUT2D eigenvalue weighted by Gasteiger charge is 2.12. The van der Waals surface area contributed by atoms with Crippen LogP contribution >= 0.6 is 23.1 Å². The lowest BCUT2D eigenvalue weighted by atomic mass is 10.1. The van der Waals surface area contributed by atoms with Crippen molar-refractivity contribution < 1.29 is 19.1 Å². The van der Waals surface area contributed by atoms with Crippen molar-refractivity contribution in [1.82, 2.24) is 4.98 Å².